The molecule has 0 unspecified atom stereocenters. The number of hydrogen-bond donors (Lipinski definition) is 0. The molecular weight excluding hydrogens is 280 g/mol. The quantitative estimate of drug-likeness (QED) is 0.440. The van der Waals surface area contributed by atoms with E-state index in [9.17, 15) is 9.59 Å². The normalized spacial score (nSPS) is 10.6. The van der Waals surface area contributed by atoms with E-state index in [1.165, 1.54) is 12.2 Å². The first-order valence-electron chi connectivity index (χ1n) is 7.12. The highest BCUT2D eigenvalue weighted by Gasteiger charge is 1.98. The summed E-state index contributed by atoms with van der Waals surface area (Å²) in [6.45, 7) is 4.12. The number of allylic oxidation sites excluding steroid dienone is 3. The summed E-state index contributed by atoms with van der Waals surface area (Å²) in [5.41, 5.74) is 1.65. The average molecular weight is 300 g/mol. The van der Waals surface area contributed by atoms with Crippen LogP contribution in [-0.2, 0) is 19.1 Å². The summed E-state index contributed by atoms with van der Waals surface area (Å²) in [5, 5.41) is 0. The van der Waals surface area contributed by atoms with Gasteiger partial charge in [-0.05, 0) is 43.2 Å². The van der Waals surface area contributed by atoms with Gasteiger partial charge in [-0.3, -0.25) is 0 Å². The van der Waals surface area contributed by atoms with Gasteiger partial charge >= 0.3 is 11.9 Å². The maximum Gasteiger partial charge on any atom is 0.330 e. The number of hydrogen-bond acceptors (Lipinski definition) is 4. The third-order valence-corrected chi connectivity index (χ3v) is 2.53. The summed E-state index contributed by atoms with van der Waals surface area (Å²) in [4.78, 5) is 22.8. The van der Waals surface area contributed by atoms with Gasteiger partial charge in [0.05, 0.1) is 13.2 Å². The van der Waals surface area contributed by atoms with Crippen LogP contribution in [0.5, 0.6) is 0 Å². The zero-order valence-electron chi connectivity index (χ0n) is 12.8. The van der Waals surface area contributed by atoms with Crippen LogP contribution in [0.4, 0.5) is 0 Å². The number of carbonyl (C=O) groups is 2. The number of rotatable bonds is 7. The van der Waals surface area contributed by atoms with Crippen molar-refractivity contribution in [2.24, 2.45) is 0 Å². The van der Waals surface area contributed by atoms with Crippen molar-refractivity contribution in [3.05, 3.63) is 65.8 Å². The number of ether oxygens (including phenoxy) is 2. The molecule has 1 rings (SSSR count). The van der Waals surface area contributed by atoms with E-state index in [-0.39, 0.29) is 0 Å². The second-order valence-corrected chi connectivity index (χ2v) is 4.23. The van der Waals surface area contributed by atoms with Crippen LogP contribution in [0, 0.1) is 0 Å². The SMILES string of the molecule is CCOC(=O)C=CC(C=CC(=O)OCC)=Cc1ccccc1. The van der Waals surface area contributed by atoms with Crippen LogP contribution in [-0.4, -0.2) is 25.2 Å². The van der Waals surface area contributed by atoms with Crippen LogP contribution in [0.15, 0.2) is 60.2 Å². The minimum Gasteiger partial charge on any atom is -0.463 e. The molecule has 0 heterocycles. The molecule has 0 aliphatic carbocycles. The maximum absolute atomic E-state index is 11.4. The molecule has 4 nitrogen and oxygen atoms in total. The van der Waals surface area contributed by atoms with Crippen molar-refractivity contribution in [1.29, 1.82) is 0 Å². The van der Waals surface area contributed by atoms with Gasteiger partial charge in [-0.1, -0.05) is 30.3 Å². The Bertz CT molecular complexity index is 538. The molecule has 22 heavy (non-hydrogen) atoms. The maximum atomic E-state index is 11.4. The van der Waals surface area contributed by atoms with E-state index in [2.05, 4.69) is 0 Å². The molecule has 0 aliphatic heterocycles. The molecule has 0 saturated carbocycles. The van der Waals surface area contributed by atoms with E-state index in [4.69, 9.17) is 9.47 Å². The molecule has 0 aliphatic rings. The fourth-order valence-electron chi connectivity index (χ4n) is 1.60. The van der Waals surface area contributed by atoms with Crippen LogP contribution in [0.3, 0.4) is 0 Å². The van der Waals surface area contributed by atoms with Crippen molar-refractivity contribution in [2.75, 3.05) is 13.2 Å². The minimum absolute atomic E-state index is 0.319. The lowest BCUT2D eigenvalue weighted by atomic mass is 10.1. The van der Waals surface area contributed by atoms with Crippen molar-refractivity contribution < 1.29 is 19.1 Å². The van der Waals surface area contributed by atoms with Gasteiger partial charge in [0.25, 0.3) is 0 Å². The standard InChI is InChI=1S/C18H20O4/c1-3-21-17(19)12-10-16(11-13-18(20)22-4-2)14-15-8-6-5-7-9-15/h5-14H,3-4H2,1-2H3. The third kappa shape index (κ3) is 7.24. The summed E-state index contributed by atoms with van der Waals surface area (Å²) < 4.78 is 9.68. The first-order chi connectivity index (χ1) is 10.7. The lowest BCUT2D eigenvalue weighted by Gasteiger charge is -1.99. The summed E-state index contributed by atoms with van der Waals surface area (Å²) in [6, 6.07) is 9.59. The molecule has 1 aromatic rings. The monoisotopic (exact) mass is 300 g/mol. The van der Waals surface area contributed by atoms with E-state index in [0.717, 1.165) is 5.56 Å². The highest BCUT2D eigenvalue weighted by molar-refractivity contribution is 5.85. The van der Waals surface area contributed by atoms with Gasteiger partial charge in [-0.2, -0.15) is 0 Å². The topological polar surface area (TPSA) is 52.6 Å². The number of esters is 2. The van der Waals surface area contributed by atoms with Crippen LogP contribution >= 0.6 is 0 Å². The third-order valence-electron chi connectivity index (χ3n) is 2.53. The van der Waals surface area contributed by atoms with Gasteiger partial charge < -0.3 is 9.47 Å². The molecule has 0 aromatic heterocycles. The molecule has 0 fully saturated rings. The Labute approximate surface area is 130 Å². The predicted octanol–water partition coefficient (Wildman–Crippen LogP) is 3.31. The Morgan fingerprint density at radius 1 is 0.864 bits per heavy atom. The molecule has 0 bridgehead atoms. The number of carbonyl (C=O) groups excluding carboxylic acids is 2. The van der Waals surface area contributed by atoms with Crippen LogP contribution < -0.4 is 0 Å². The lowest BCUT2D eigenvalue weighted by molar-refractivity contribution is -0.138. The van der Waals surface area contributed by atoms with Gasteiger partial charge in [-0.25, -0.2) is 9.59 Å². The molecule has 1 aromatic carbocycles. The highest BCUT2D eigenvalue weighted by atomic mass is 16.5. The Morgan fingerprint density at radius 3 is 1.82 bits per heavy atom. The summed E-state index contributed by atoms with van der Waals surface area (Å²) in [7, 11) is 0. The van der Waals surface area contributed by atoms with Crippen molar-refractivity contribution in [2.45, 2.75) is 13.8 Å². The number of benzene rings is 1. The van der Waals surface area contributed by atoms with Gasteiger partial charge in [0.15, 0.2) is 0 Å². The smallest absolute Gasteiger partial charge is 0.330 e. The molecule has 0 atom stereocenters. The summed E-state index contributed by atoms with van der Waals surface area (Å²) >= 11 is 0. The fourth-order valence-corrected chi connectivity index (χ4v) is 1.60. The summed E-state index contributed by atoms with van der Waals surface area (Å²) in [6.07, 6.45) is 7.70. The van der Waals surface area contributed by atoms with Crippen molar-refractivity contribution in [1.82, 2.24) is 0 Å². The summed E-state index contributed by atoms with van der Waals surface area (Å²) in [5.74, 6) is -0.850. The molecule has 0 spiro atoms. The van der Waals surface area contributed by atoms with Crippen molar-refractivity contribution >= 4 is 18.0 Å². The van der Waals surface area contributed by atoms with Gasteiger partial charge in [0, 0.05) is 12.2 Å². The second-order valence-electron chi connectivity index (χ2n) is 4.23. The van der Waals surface area contributed by atoms with E-state index >= 15 is 0 Å². The van der Waals surface area contributed by atoms with Gasteiger partial charge in [-0.15, -0.1) is 0 Å². The second kappa shape index (κ2) is 10.2. The largest absolute Gasteiger partial charge is 0.463 e. The van der Waals surface area contributed by atoms with Crippen LogP contribution in [0.25, 0.3) is 6.08 Å². The Hall–Kier alpha value is -2.62. The Morgan fingerprint density at radius 2 is 1.36 bits per heavy atom. The average Bonchev–Trinajstić information content (AvgIpc) is 2.51. The van der Waals surface area contributed by atoms with E-state index < -0.39 is 11.9 Å². The lowest BCUT2D eigenvalue weighted by Crippen LogP contribution is -2.00. The predicted molar refractivity (Wildman–Crippen MR) is 86.0 cm³/mol. The van der Waals surface area contributed by atoms with Crippen molar-refractivity contribution in [3.8, 4) is 0 Å². The molecule has 0 N–H and O–H groups in total. The zero-order valence-corrected chi connectivity index (χ0v) is 12.8. The Kier molecular flexibility index (Phi) is 8.05. The van der Waals surface area contributed by atoms with Crippen LogP contribution in [0.2, 0.25) is 0 Å². The van der Waals surface area contributed by atoms with Gasteiger partial charge in [0.1, 0.15) is 0 Å². The van der Waals surface area contributed by atoms with E-state index in [1.807, 2.05) is 36.4 Å². The Balaban J connectivity index is 2.92. The fraction of sp³-hybridized carbons (Fsp3) is 0.222. The minimum atomic E-state index is -0.425. The highest BCUT2D eigenvalue weighted by Crippen LogP contribution is 2.09. The zero-order chi connectivity index (χ0) is 16.2. The van der Waals surface area contributed by atoms with Crippen molar-refractivity contribution in [3.63, 3.8) is 0 Å². The first kappa shape index (κ1) is 17.4. The molecule has 116 valence electrons. The first-order valence-corrected chi connectivity index (χ1v) is 7.12. The van der Waals surface area contributed by atoms with Gasteiger partial charge in [0.2, 0.25) is 0 Å². The molecule has 4 heteroatoms. The molecule has 0 radical (unpaired) electrons. The van der Waals surface area contributed by atoms with E-state index in [0.29, 0.717) is 18.8 Å². The molecule has 0 saturated heterocycles. The molecule has 0 amide bonds. The molecular formula is C18H20O4. The van der Waals surface area contributed by atoms with Crippen LogP contribution in [0.1, 0.15) is 19.4 Å². The van der Waals surface area contributed by atoms with E-state index in [1.54, 1.807) is 26.0 Å².